The summed E-state index contributed by atoms with van der Waals surface area (Å²) in [6.45, 7) is 0.268. The van der Waals surface area contributed by atoms with Crippen LogP contribution in [0.15, 0.2) is 54.6 Å². The number of hydrogen-bond acceptors (Lipinski definition) is 3. The summed E-state index contributed by atoms with van der Waals surface area (Å²) in [5.41, 5.74) is 0. The van der Waals surface area contributed by atoms with E-state index in [1.165, 1.54) is 0 Å². The van der Waals surface area contributed by atoms with Crippen molar-refractivity contribution in [1.29, 1.82) is 0 Å². The number of alkyl halides is 1. The van der Waals surface area contributed by atoms with Crippen molar-refractivity contribution in [3.8, 4) is 17.2 Å². The minimum atomic E-state index is -0.500. The molecule has 0 saturated heterocycles. The van der Waals surface area contributed by atoms with E-state index in [9.17, 15) is 5.11 Å². The highest BCUT2D eigenvalue weighted by Gasteiger charge is 2.03. The van der Waals surface area contributed by atoms with Crippen molar-refractivity contribution in [1.82, 2.24) is 0 Å². The lowest BCUT2D eigenvalue weighted by atomic mass is 10.3. The quantitative estimate of drug-likeness (QED) is 0.826. The average Bonchev–Trinajstić information content (AvgIpc) is 2.47. The Morgan fingerprint density at radius 1 is 0.895 bits per heavy atom. The van der Waals surface area contributed by atoms with Crippen molar-refractivity contribution >= 4 is 15.9 Å². The third-order valence-electron chi connectivity index (χ3n) is 2.42. The molecule has 0 bridgehead atoms. The molecule has 1 N–H and O–H groups in total. The van der Waals surface area contributed by atoms with Crippen LogP contribution in [0.4, 0.5) is 0 Å². The predicted molar refractivity (Wildman–Crippen MR) is 78.3 cm³/mol. The van der Waals surface area contributed by atoms with Gasteiger partial charge in [-0.15, -0.1) is 0 Å². The molecule has 0 heterocycles. The van der Waals surface area contributed by atoms with Crippen LogP contribution in [-0.2, 0) is 0 Å². The molecule has 0 aliphatic heterocycles. The van der Waals surface area contributed by atoms with E-state index in [-0.39, 0.29) is 6.61 Å². The smallest absolute Gasteiger partial charge is 0.127 e. The molecule has 0 aliphatic rings. The van der Waals surface area contributed by atoms with Crippen LogP contribution >= 0.6 is 15.9 Å². The van der Waals surface area contributed by atoms with Gasteiger partial charge in [-0.3, -0.25) is 0 Å². The van der Waals surface area contributed by atoms with E-state index in [0.29, 0.717) is 11.1 Å². The van der Waals surface area contributed by atoms with Crippen LogP contribution in [0.5, 0.6) is 17.2 Å². The first-order valence-electron chi connectivity index (χ1n) is 5.98. The molecule has 0 aliphatic carbocycles. The van der Waals surface area contributed by atoms with Gasteiger partial charge in [-0.05, 0) is 36.4 Å². The van der Waals surface area contributed by atoms with E-state index in [0.717, 1.165) is 11.5 Å². The van der Waals surface area contributed by atoms with Crippen LogP contribution < -0.4 is 9.47 Å². The lowest BCUT2D eigenvalue weighted by Crippen LogP contribution is -2.18. The second-order valence-electron chi connectivity index (χ2n) is 4.01. The fourth-order valence-electron chi connectivity index (χ4n) is 1.47. The van der Waals surface area contributed by atoms with Gasteiger partial charge in [0.2, 0.25) is 0 Å². The monoisotopic (exact) mass is 322 g/mol. The van der Waals surface area contributed by atoms with Gasteiger partial charge in [0.15, 0.2) is 0 Å². The lowest BCUT2D eigenvalue weighted by Gasteiger charge is -2.10. The van der Waals surface area contributed by atoms with Crippen molar-refractivity contribution in [3.05, 3.63) is 54.6 Å². The number of aliphatic hydroxyl groups is 1. The third-order valence-corrected chi connectivity index (χ3v) is 3.17. The summed E-state index contributed by atoms with van der Waals surface area (Å²) in [5, 5.41) is 9.87. The molecule has 0 saturated carbocycles. The van der Waals surface area contributed by atoms with Crippen molar-refractivity contribution in [2.24, 2.45) is 0 Å². The summed E-state index contributed by atoms with van der Waals surface area (Å²) in [6.07, 6.45) is -0.500. The predicted octanol–water partition coefficient (Wildman–Crippen LogP) is 3.61. The maximum Gasteiger partial charge on any atom is 0.127 e. The molecule has 4 heteroatoms. The second kappa shape index (κ2) is 7.16. The zero-order chi connectivity index (χ0) is 13.5. The molecule has 19 heavy (non-hydrogen) atoms. The molecule has 1 unspecified atom stereocenters. The lowest BCUT2D eigenvalue weighted by molar-refractivity contribution is 0.127. The molecule has 0 radical (unpaired) electrons. The van der Waals surface area contributed by atoms with Gasteiger partial charge in [0, 0.05) is 5.33 Å². The van der Waals surface area contributed by atoms with Gasteiger partial charge in [-0.1, -0.05) is 34.1 Å². The Labute approximate surface area is 120 Å². The van der Waals surface area contributed by atoms with Crippen LogP contribution in [0.1, 0.15) is 0 Å². The van der Waals surface area contributed by atoms with Crippen molar-refractivity contribution in [2.45, 2.75) is 6.10 Å². The number of rotatable bonds is 6. The summed E-state index contributed by atoms with van der Waals surface area (Å²) >= 11 is 3.19. The first kappa shape index (κ1) is 13.9. The molecule has 3 nitrogen and oxygen atoms in total. The minimum absolute atomic E-state index is 0.268. The van der Waals surface area contributed by atoms with Crippen LogP contribution in [0, 0.1) is 0 Å². The Morgan fingerprint density at radius 2 is 1.47 bits per heavy atom. The highest BCUT2D eigenvalue weighted by Crippen LogP contribution is 2.23. The fourth-order valence-corrected chi connectivity index (χ4v) is 1.65. The first-order valence-corrected chi connectivity index (χ1v) is 7.10. The van der Waals surface area contributed by atoms with Gasteiger partial charge in [0.05, 0.1) is 6.10 Å². The van der Waals surface area contributed by atoms with Crippen molar-refractivity contribution in [2.75, 3.05) is 11.9 Å². The van der Waals surface area contributed by atoms with Gasteiger partial charge >= 0.3 is 0 Å². The number of halogens is 1. The third kappa shape index (κ3) is 4.58. The number of ether oxygens (including phenoxy) is 2. The molecular weight excluding hydrogens is 308 g/mol. The largest absolute Gasteiger partial charge is 0.491 e. The minimum Gasteiger partial charge on any atom is -0.491 e. The molecule has 0 amide bonds. The number of hydrogen-bond donors (Lipinski definition) is 1. The van der Waals surface area contributed by atoms with E-state index >= 15 is 0 Å². The second-order valence-corrected chi connectivity index (χ2v) is 4.65. The highest BCUT2D eigenvalue weighted by atomic mass is 79.9. The molecule has 0 aromatic heterocycles. The van der Waals surface area contributed by atoms with Gasteiger partial charge in [0.25, 0.3) is 0 Å². The SMILES string of the molecule is OC(CBr)COc1ccc(Oc2ccccc2)cc1. The molecular formula is C15H15BrO3. The van der Waals surface area contributed by atoms with E-state index in [1.54, 1.807) is 0 Å². The van der Waals surface area contributed by atoms with Gasteiger partial charge < -0.3 is 14.6 Å². The van der Waals surface area contributed by atoms with Crippen molar-refractivity contribution < 1.29 is 14.6 Å². The summed E-state index contributed by atoms with van der Waals surface area (Å²) in [7, 11) is 0. The average molecular weight is 323 g/mol. The Bertz CT molecular complexity index is 485. The van der Waals surface area contributed by atoms with E-state index < -0.39 is 6.10 Å². The number of aliphatic hydroxyl groups excluding tert-OH is 1. The maximum atomic E-state index is 9.37. The number of para-hydroxylation sites is 1. The normalized spacial score (nSPS) is 11.9. The van der Waals surface area contributed by atoms with E-state index in [1.807, 2.05) is 54.6 Å². The Hall–Kier alpha value is -1.52. The van der Waals surface area contributed by atoms with Gasteiger partial charge in [-0.25, -0.2) is 0 Å². The highest BCUT2D eigenvalue weighted by molar-refractivity contribution is 9.09. The molecule has 2 aromatic rings. The van der Waals surface area contributed by atoms with E-state index in [4.69, 9.17) is 9.47 Å². The number of benzene rings is 2. The fraction of sp³-hybridized carbons (Fsp3) is 0.200. The van der Waals surface area contributed by atoms with Gasteiger partial charge in [0.1, 0.15) is 23.9 Å². The van der Waals surface area contributed by atoms with E-state index in [2.05, 4.69) is 15.9 Å². The van der Waals surface area contributed by atoms with Gasteiger partial charge in [-0.2, -0.15) is 0 Å². The van der Waals surface area contributed by atoms with Crippen LogP contribution in [0.25, 0.3) is 0 Å². The maximum absolute atomic E-state index is 9.37. The Balaban J connectivity index is 1.91. The molecule has 100 valence electrons. The van der Waals surface area contributed by atoms with Crippen molar-refractivity contribution in [3.63, 3.8) is 0 Å². The summed E-state index contributed by atoms with van der Waals surface area (Å²) in [4.78, 5) is 0. The topological polar surface area (TPSA) is 38.7 Å². The molecule has 2 aromatic carbocycles. The first-order chi connectivity index (χ1) is 9.28. The summed E-state index contributed by atoms with van der Waals surface area (Å²) in [6, 6.07) is 16.9. The zero-order valence-electron chi connectivity index (χ0n) is 10.3. The zero-order valence-corrected chi connectivity index (χ0v) is 11.9. The Kier molecular flexibility index (Phi) is 5.24. The molecule has 0 fully saturated rings. The molecule has 2 rings (SSSR count). The Morgan fingerprint density at radius 3 is 2.11 bits per heavy atom. The van der Waals surface area contributed by atoms with Crippen LogP contribution in [0.2, 0.25) is 0 Å². The summed E-state index contributed by atoms with van der Waals surface area (Å²) in [5.74, 6) is 2.26. The molecule has 0 spiro atoms. The van der Waals surface area contributed by atoms with Crippen LogP contribution in [-0.4, -0.2) is 23.1 Å². The molecule has 1 atom stereocenters. The summed E-state index contributed by atoms with van der Waals surface area (Å²) < 4.78 is 11.1. The standard InChI is InChI=1S/C15H15BrO3/c16-10-12(17)11-18-13-6-8-15(9-7-13)19-14-4-2-1-3-5-14/h1-9,12,17H,10-11H2. The van der Waals surface area contributed by atoms with Crippen LogP contribution in [0.3, 0.4) is 0 Å².